The van der Waals surface area contributed by atoms with E-state index in [0.29, 0.717) is 24.6 Å². The number of amides is 1. The van der Waals surface area contributed by atoms with Crippen molar-refractivity contribution >= 4 is 11.6 Å². The quantitative estimate of drug-likeness (QED) is 0.701. The predicted molar refractivity (Wildman–Crippen MR) is 117 cm³/mol. The van der Waals surface area contributed by atoms with Crippen LogP contribution in [0.15, 0.2) is 42.5 Å². The second-order valence-electron chi connectivity index (χ2n) is 7.52. The Labute approximate surface area is 178 Å². The first-order chi connectivity index (χ1) is 14.5. The summed E-state index contributed by atoms with van der Waals surface area (Å²) >= 11 is 0. The van der Waals surface area contributed by atoms with Crippen molar-refractivity contribution in [3.05, 3.63) is 48.0 Å². The number of nitrogens with one attached hydrogen (secondary N) is 1. The third-order valence-electron chi connectivity index (χ3n) is 5.59. The Kier molecular flexibility index (Phi) is 7.41. The highest BCUT2D eigenvalue weighted by molar-refractivity contribution is 5.76. The minimum Gasteiger partial charge on any atom is -0.495 e. The molecule has 0 spiro atoms. The van der Waals surface area contributed by atoms with E-state index < -0.39 is 0 Å². The first kappa shape index (κ1) is 21.8. The fourth-order valence-corrected chi connectivity index (χ4v) is 3.82. The molecule has 162 valence electrons. The van der Waals surface area contributed by atoms with E-state index in [1.54, 1.807) is 26.2 Å². The third kappa shape index (κ3) is 5.16. The molecule has 30 heavy (non-hydrogen) atoms. The minimum atomic E-state index is 0.144. The average Bonchev–Trinajstić information content (AvgIpc) is 2.79. The lowest BCUT2D eigenvalue weighted by Gasteiger charge is -2.34. The fourth-order valence-electron chi connectivity index (χ4n) is 3.82. The van der Waals surface area contributed by atoms with Gasteiger partial charge in [-0.1, -0.05) is 18.2 Å². The van der Waals surface area contributed by atoms with Crippen LogP contribution in [0.5, 0.6) is 17.2 Å². The standard InChI is InChI=1S/C23H31N3O4/c1-24(16-18-9-10-21(29-3)22(15-18)30-4)23(27)17-25-11-13-26(14-12-25)19-7-5-6-8-20(19)28-2/h5-10,15H,11-14,16-17H2,1-4H3/p+1. The van der Waals surface area contributed by atoms with Crippen LogP contribution >= 0.6 is 0 Å². The Bertz CT molecular complexity index is 850. The second kappa shape index (κ2) is 10.2. The van der Waals surface area contributed by atoms with E-state index >= 15 is 0 Å². The van der Waals surface area contributed by atoms with E-state index in [2.05, 4.69) is 11.0 Å². The molecular formula is C23H32N3O4+. The van der Waals surface area contributed by atoms with Gasteiger partial charge in [-0.25, -0.2) is 0 Å². The molecule has 1 saturated heterocycles. The predicted octanol–water partition coefficient (Wildman–Crippen LogP) is 1.08. The molecule has 1 amide bonds. The zero-order valence-electron chi connectivity index (χ0n) is 18.3. The van der Waals surface area contributed by atoms with Crippen LogP contribution in [0.1, 0.15) is 5.56 Å². The lowest BCUT2D eigenvalue weighted by Crippen LogP contribution is -3.15. The van der Waals surface area contributed by atoms with Crippen molar-refractivity contribution in [1.82, 2.24) is 4.90 Å². The maximum atomic E-state index is 12.8. The monoisotopic (exact) mass is 414 g/mol. The molecule has 1 heterocycles. The van der Waals surface area contributed by atoms with Crippen LogP contribution in [0.4, 0.5) is 5.69 Å². The van der Waals surface area contributed by atoms with E-state index in [4.69, 9.17) is 14.2 Å². The van der Waals surface area contributed by atoms with E-state index in [-0.39, 0.29) is 5.91 Å². The molecule has 0 unspecified atom stereocenters. The number of anilines is 1. The number of piperazine rings is 1. The van der Waals surface area contributed by atoms with Crippen molar-refractivity contribution in [3.63, 3.8) is 0 Å². The molecule has 0 aliphatic carbocycles. The van der Waals surface area contributed by atoms with Crippen LogP contribution in [-0.4, -0.2) is 71.9 Å². The van der Waals surface area contributed by atoms with Gasteiger partial charge in [-0.2, -0.15) is 0 Å². The average molecular weight is 415 g/mol. The highest BCUT2D eigenvalue weighted by Gasteiger charge is 2.25. The molecule has 1 N–H and O–H groups in total. The number of nitrogens with zero attached hydrogens (tertiary/aromatic N) is 2. The Morgan fingerprint density at radius 1 is 0.967 bits per heavy atom. The van der Waals surface area contributed by atoms with Gasteiger partial charge in [0.25, 0.3) is 5.91 Å². The molecule has 1 aliphatic heterocycles. The molecule has 0 aromatic heterocycles. The summed E-state index contributed by atoms with van der Waals surface area (Å²) in [5.74, 6) is 2.40. The van der Waals surface area contributed by atoms with Crippen LogP contribution in [0.2, 0.25) is 0 Å². The molecular weight excluding hydrogens is 382 g/mol. The zero-order chi connectivity index (χ0) is 21.5. The number of hydrogen-bond donors (Lipinski definition) is 1. The maximum absolute atomic E-state index is 12.8. The number of rotatable bonds is 8. The molecule has 7 heteroatoms. The highest BCUT2D eigenvalue weighted by Crippen LogP contribution is 2.28. The topological polar surface area (TPSA) is 55.7 Å². The maximum Gasteiger partial charge on any atom is 0.277 e. The fraction of sp³-hybridized carbons (Fsp3) is 0.435. The molecule has 7 nitrogen and oxygen atoms in total. The van der Waals surface area contributed by atoms with Gasteiger partial charge in [-0.15, -0.1) is 0 Å². The summed E-state index contributed by atoms with van der Waals surface area (Å²) in [7, 11) is 6.78. The number of benzene rings is 2. The number of methoxy groups -OCH3 is 3. The summed E-state index contributed by atoms with van der Waals surface area (Å²) in [5, 5.41) is 0. The Balaban J connectivity index is 1.52. The zero-order valence-corrected chi connectivity index (χ0v) is 18.3. The van der Waals surface area contributed by atoms with E-state index in [1.807, 2.05) is 43.4 Å². The molecule has 0 atom stereocenters. The third-order valence-corrected chi connectivity index (χ3v) is 5.59. The largest absolute Gasteiger partial charge is 0.495 e. The Morgan fingerprint density at radius 2 is 1.63 bits per heavy atom. The number of carbonyl (C=O) groups is 1. The van der Waals surface area contributed by atoms with Crippen LogP contribution in [0.25, 0.3) is 0 Å². The van der Waals surface area contributed by atoms with Crippen molar-refractivity contribution in [2.45, 2.75) is 6.54 Å². The van der Waals surface area contributed by atoms with Crippen molar-refractivity contribution in [3.8, 4) is 17.2 Å². The van der Waals surface area contributed by atoms with Crippen molar-refractivity contribution < 1.29 is 23.9 Å². The van der Waals surface area contributed by atoms with Crippen LogP contribution < -0.4 is 24.0 Å². The number of ether oxygens (including phenoxy) is 3. The number of quaternary nitrogens is 1. The summed E-state index contributed by atoms with van der Waals surface area (Å²) in [5.41, 5.74) is 2.13. The molecule has 1 aliphatic rings. The van der Waals surface area contributed by atoms with Gasteiger partial charge >= 0.3 is 0 Å². The lowest BCUT2D eigenvalue weighted by atomic mass is 10.2. The van der Waals surface area contributed by atoms with Gasteiger partial charge in [-0.05, 0) is 29.8 Å². The van der Waals surface area contributed by atoms with Gasteiger partial charge in [0.1, 0.15) is 5.75 Å². The number of carbonyl (C=O) groups excluding carboxylic acids is 1. The molecule has 3 rings (SSSR count). The van der Waals surface area contributed by atoms with E-state index in [0.717, 1.165) is 43.2 Å². The summed E-state index contributed by atoms with van der Waals surface area (Å²) in [6, 6.07) is 13.8. The molecule has 0 radical (unpaired) electrons. The molecule has 0 saturated carbocycles. The summed E-state index contributed by atoms with van der Waals surface area (Å²) in [6.45, 7) is 4.70. The molecule has 2 aromatic carbocycles. The lowest BCUT2D eigenvalue weighted by molar-refractivity contribution is -0.892. The van der Waals surface area contributed by atoms with Crippen LogP contribution in [0, 0.1) is 0 Å². The summed E-state index contributed by atoms with van der Waals surface area (Å²) in [4.78, 5) is 18.2. The summed E-state index contributed by atoms with van der Waals surface area (Å²) < 4.78 is 16.1. The smallest absolute Gasteiger partial charge is 0.277 e. The minimum absolute atomic E-state index is 0.144. The van der Waals surface area contributed by atoms with Gasteiger partial charge in [0.2, 0.25) is 0 Å². The van der Waals surface area contributed by atoms with Crippen LogP contribution in [0.3, 0.4) is 0 Å². The SMILES string of the molecule is COc1ccc(CN(C)C(=O)C[NH+]2CCN(c3ccccc3OC)CC2)cc1OC. The first-order valence-corrected chi connectivity index (χ1v) is 10.2. The molecule has 2 aromatic rings. The van der Waals surface area contributed by atoms with Crippen molar-refractivity contribution in [2.75, 3.05) is 66.0 Å². The molecule has 1 fully saturated rings. The number of hydrogen-bond acceptors (Lipinski definition) is 5. The van der Waals surface area contributed by atoms with Crippen molar-refractivity contribution in [1.29, 1.82) is 0 Å². The number of para-hydroxylation sites is 2. The first-order valence-electron chi connectivity index (χ1n) is 10.2. The second-order valence-corrected chi connectivity index (χ2v) is 7.52. The van der Waals surface area contributed by atoms with E-state index in [1.165, 1.54) is 4.90 Å². The highest BCUT2D eigenvalue weighted by atomic mass is 16.5. The normalized spacial score (nSPS) is 14.3. The Hall–Kier alpha value is -2.93. The van der Waals surface area contributed by atoms with Gasteiger partial charge < -0.3 is 28.9 Å². The van der Waals surface area contributed by atoms with Gasteiger partial charge in [0.05, 0.1) is 53.2 Å². The van der Waals surface area contributed by atoms with E-state index in [9.17, 15) is 4.79 Å². The van der Waals surface area contributed by atoms with Gasteiger partial charge in [0, 0.05) is 13.6 Å². The molecule has 0 bridgehead atoms. The van der Waals surface area contributed by atoms with Crippen LogP contribution in [-0.2, 0) is 11.3 Å². The van der Waals surface area contributed by atoms with Gasteiger partial charge in [-0.3, -0.25) is 4.79 Å². The Morgan fingerprint density at radius 3 is 2.30 bits per heavy atom. The summed E-state index contributed by atoms with van der Waals surface area (Å²) in [6.07, 6.45) is 0. The van der Waals surface area contributed by atoms with Crippen molar-refractivity contribution in [2.24, 2.45) is 0 Å². The number of likely N-dealkylation sites (N-methyl/N-ethyl adjacent to an activating group) is 1. The van der Waals surface area contributed by atoms with Gasteiger partial charge in [0.15, 0.2) is 18.0 Å².